The quantitative estimate of drug-likeness (QED) is 0.610. The average molecular weight is 318 g/mol. The first-order chi connectivity index (χ1) is 11.4. The Morgan fingerprint density at radius 1 is 0.870 bits per heavy atom. The van der Waals surface area contributed by atoms with Crippen molar-refractivity contribution in [2.45, 2.75) is 6.04 Å². The smallest absolute Gasteiger partial charge is 0.138 e. The largest absolute Gasteiger partial charge is 0.357 e. The third-order valence-electron chi connectivity index (χ3n) is 3.66. The fraction of sp³-hybridized carbons (Fsp3) is 0.0556. The van der Waals surface area contributed by atoms with Crippen molar-refractivity contribution in [3.63, 3.8) is 0 Å². The lowest BCUT2D eigenvalue weighted by molar-refractivity contribution is 0.879. The highest BCUT2D eigenvalue weighted by molar-refractivity contribution is 7.16. The number of aromatic nitrogens is 3. The van der Waals surface area contributed by atoms with Gasteiger partial charge in [-0.2, -0.15) is 0 Å². The molecular formula is C18H14N4S. The van der Waals surface area contributed by atoms with E-state index >= 15 is 0 Å². The van der Waals surface area contributed by atoms with E-state index in [1.54, 1.807) is 17.7 Å². The van der Waals surface area contributed by atoms with Crippen LogP contribution < -0.4 is 5.32 Å². The molecule has 0 fully saturated rings. The van der Waals surface area contributed by atoms with Gasteiger partial charge in [0.2, 0.25) is 0 Å². The number of hydrogen-bond donors (Lipinski definition) is 1. The molecule has 0 radical (unpaired) electrons. The van der Waals surface area contributed by atoms with Crippen molar-refractivity contribution in [3.05, 3.63) is 83.8 Å². The number of rotatable bonds is 4. The summed E-state index contributed by atoms with van der Waals surface area (Å²) in [6, 6.07) is 18.2. The van der Waals surface area contributed by atoms with E-state index in [1.807, 2.05) is 54.0 Å². The van der Waals surface area contributed by atoms with Crippen LogP contribution in [0.15, 0.2) is 72.5 Å². The third kappa shape index (κ3) is 2.78. The molecule has 0 bridgehead atoms. The van der Waals surface area contributed by atoms with Crippen LogP contribution in [0.2, 0.25) is 0 Å². The summed E-state index contributed by atoms with van der Waals surface area (Å²) < 4.78 is 0. The number of thiophene rings is 1. The summed E-state index contributed by atoms with van der Waals surface area (Å²) in [6.45, 7) is 0. The summed E-state index contributed by atoms with van der Waals surface area (Å²) >= 11 is 1.61. The fourth-order valence-electron chi connectivity index (χ4n) is 2.56. The van der Waals surface area contributed by atoms with Crippen LogP contribution in [0.1, 0.15) is 17.3 Å². The van der Waals surface area contributed by atoms with Crippen molar-refractivity contribution in [2.24, 2.45) is 0 Å². The number of anilines is 1. The molecule has 1 unspecified atom stereocenters. The second-order valence-corrected chi connectivity index (χ2v) is 6.00. The molecule has 1 atom stereocenters. The first-order valence-electron chi connectivity index (χ1n) is 7.32. The van der Waals surface area contributed by atoms with Gasteiger partial charge < -0.3 is 5.32 Å². The van der Waals surface area contributed by atoms with Crippen LogP contribution in [0, 0.1) is 0 Å². The minimum Gasteiger partial charge on any atom is -0.357 e. The van der Waals surface area contributed by atoms with Crippen molar-refractivity contribution < 1.29 is 0 Å². The summed E-state index contributed by atoms with van der Waals surface area (Å²) in [5.41, 5.74) is 2.11. The highest BCUT2D eigenvalue weighted by Crippen LogP contribution is 2.29. The van der Waals surface area contributed by atoms with E-state index in [0.717, 1.165) is 27.3 Å². The van der Waals surface area contributed by atoms with Gasteiger partial charge in [-0.25, -0.2) is 9.97 Å². The zero-order valence-corrected chi connectivity index (χ0v) is 13.1. The molecule has 4 nitrogen and oxygen atoms in total. The lowest BCUT2D eigenvalue weighted by Crippen LogP contribution is -2.14. The van der Waals surface area contributed by atoms with Gasteiger partial charge in [-0.1, -0.05) is 36.4 Å². The Balaban J connectivity index is 1.79. The molecule has 0 saturated carbocycles. The van der Waals surface area contributed by atoms with Crippen LogP contribution in [-0.4, -0.2) is 15.0 Å². The molecule has 3 aromatic heterocycles. The van der Waals surface area contributed by atoms with E-state index in [1.165, 1.54) is 0 Å². The Labute approximate surface area is 137 Å². The molecule has 23 heavy (non-hydrogen) atoms. The Bertz CT molecular complexity index is 866. The molecule has 4 rings (SSSR count). The Morgan fingerprint density at radius 2 is 1.74 bits per heavy atom. The van der Waals surface area contributed by atoms with Crippen molar-refractivity contribution in [1.29, 1.82) is 0 Å². The Morgan fingerprint density at radius 3 is 2.57 bits per heavy atom. The van der Waals surface area contributed by atoms with Gasteiger partial charge in [0, 0.05) is 6.20 Å². The van der Waals surface area contributed by atoms with Gasteiger partial charge in [0.1, 0.15) is 17.0 Å². The zero-order chi connectivity index (χ0) is 15.5. The maximum absolute atomic E-state index is 4.52. The summed E-state index contributed by atoms with van der Waals surface area (Å²) in [5.74, 6) is 0.829. The topological polar surface area (TPSA) is 50.7 Å². The minimum atomic E-state index is -0.0598. The molecule has 0 amide bonds. The van der Waals surface area contributed by atoms with Gasteiger partial charge in [0.25, 0.3) is 0 Å². The van der Waals surface area contributed by atoms with Gasteiger partial charge in [0.05, 0.1) is 17.1 Å². The molecular weight excluding hydrogens is 304 g/mol. The van der Waals surface area contributed by atoms with Gasteiger partial charge >= 0.3 is 0 Å². The molecule has 0 saturated heterocycles. The van der Waals surface area contributed by atoms with E-state index in [-0.39, 0.29) is 6.04 Å². The average Bonchev–Trinajstić information content (AvgIpc) is 3.11. The van der Waals surface area contributed by atoms with E-state index in [4.69, 9.17) is 0 Å². The normalized spacial score (nSPS) is 12.2. The van der Waals surface area contributed by atoms with Gasteiger partial charge in [-0.3, -0.25) is 4.98 Å². The standard InChI is InChI=1S/C18H14N4S/c1-2-6-13(7-3-1)16(15-8-4-5-10-19-15)22-17-14-9-11-23-18(14)21-12-20-17/h1-12,16H,(H,20,21,22). The lowest BCUT2D eigenvalue weighted by Gasteiger charge is -2.19. The molecule has 1 N–H and O–H groups in total. The molecule has 1 aromatic carbocycles. The Hall–Kier alpha value is -2.79. The predicted octanol–water partition coefficient (Wildman–Crippen LogP) is 4.29. The van der Waals surface area contributed by atoms with Crippen LogP contribution >= 0.6 is 11.3 Å². The Kier molecular flexibility index (Phi) is 3.70. The number of pyridine rings is 1. The van der Waals surface area contributed by atoms with Crippen molar-refractivity contribution in [3.8, 4) is 0 Å². The highest BCUT2D eigenvalue weighted by Gasteiger charge is 2.17. The number of nitrogens with zero attached hydrogens (tertiary/aromatic N) is 3. The summed E-state index contributed by atoms with van der Waals surface area (Å²) in [5, 5.41) is 6.60. The SMILES string of the molecule is c1ccc(C(Nc2ncnc3sccc23)c2ccccn2)cc1. The molecule has 0 aliphatic heterocycles. The van der Waals surface area contributed by atoms with Crippen LogP contribution in [0.3, 0.4) is 0 Å². The van der Waals surface area contributed by atoms with Gasteiger partial charge in [-0.15, -0.1) is 11.3 Å². The molecule has 5 heteroatoms. The summed E-state index contributed by atoms with van der Waals surface area (Å²) in [6.07, 6.45) is 3.41. The molecule has 0 spiro atoms. The molecule has 112 valence electrons. The maximum atomic E-state index is 4.52. The zero-order valence-electron chi connectivity index (χ0n) is 12.3. The van der Waals surface area contributed by atoms with Crippen molar-refractivity contribution >= 4 is 27.4 Å². The maximum Gasteiger partial charge on any atom is 0.138 e. The monoisotopic (exact) mass is 318 g/mol. The second kappa shape index (κ2) is 6.14. The molecule has 3 heterocycles. The van der Waals surface area contributed by atoms with Crippen LogP contribution in [0.5, 0.6) is 0 Å². The number of hydrogen-bond acceptors (Lipinski definition) is 5. The highest BCUT2D eigenvalue weighted by atomic mass is 32.1. The summed E-state index contributed by atoms with van der Waals surface area (Å²) in [4.78, 5) is 14.2. The molecule has 4 aromatic rings. The number of benzene rings is 1. The van der Waals surface area contributed by atoms with E-state index in [0.29, 0.717) is 0 Å². The fourth-order valence-corrected chi connectivity index (χ4v) is 3.29. The van der Waals surface area contributed by atoms with Gasteiger partial charge in [0.15, 0.2) is 0 Å². The van der Waals surface area contributed by atoms with Gasteiger partial charge in [-0.05, 0) is 29.1 Å². The predicted molar refractivity (Wildman–Crippen MR) is 93.6 cm³/mol. The van der Waals surface area contributed by atoms with Crippen LogP contribution in [-0.2, 0) is 0 Å². The molecule has 0 aliphatic rings. The van der Waals surface area contributed by atoms with Crippen LogP contribution in [0.25, 0.3) is 10.2 Å². The van der Waals surface area contributed by atoms with E-state index in [9.17, 15) is 0 Å². The number of nitrogens with one attached hydrogen (secondary N) is 1. The van der Waals surface area contributed by atoms with Crippen molar-refractivity contribution in [2.75, 3.05) is 5.32 Å². The number of fused-ring (bicyclic) bond motifs is 1. The first kappa shape index (κ1) is 13.8. The first-order valence-corrected chi connectivity index (χ1v) is 8.20. The van der Waals surface area contributed by atoms with E-state index < -0.39 is 0 Å². The summed E-state index contributed by atoms with van der Waals surface area (Å²) in [7, 11) is 0. The van der Waals surface area contributed by atoms with Crippen molar-refractivity contribution in [1.82, 2.24) is 15.0 Å². The second-order valence-electron chi connectivity index (χ2n) is 5.10. The third-order valence-corrected chi connectivity index (χ3v) is 4.48. The lowest BCUT2D eigenvalue weighted by atomic mass is 10.0. The van der Waals surface area contributed by atoms with Crippen LogP contribution in [0.4, 0.5) is 5.82 Å². The minimum absolute atomic E-state index is 0.0598. The molecule has 0 aliphatic carbocycles. The van der Waals surface area contributed by atoms with E-state index in [2.05, 4.69) is 32.4 Å².